The highest BCUT2D eigenvalue weighted by Crippen LogP contribution is 2.24. The van der Waals surface area contributed by atoms with Crippen molar-refractivity contribution in [2.45, 2.75) is 51.1 Å². The summed E-state index contributed by atoms with van der Waals surface area (Å²) in [5.74, 6) is -0.882. The number of aliphatic carboxylic acids is 1. The van der Waals surface area contributed by atoms with E-state index in [0.717, 1.165) is 13.0 Å². The lowest BCUT2D eigenvalue weighted by atomic mass is 10.0. The van der Waals surface area contributed by atoms with Gasteiger partial charge < -0.3 is 20.2 Å². The molecule has 1 saturated heterocycles. The molecule has 1 saturated carbocycles. The molecule has 2 fully saturated rings. The zero-order valence-electron chi connectivity index (χ0n) is 13.0. The fraction of sp³-hybridized carbons (Fsp3) is 0.867. The Morgan fingerprint density at radius 3 is 2.57 bits per heavy atom. The number of carboxylic acid groups (broad SMARTS) is 1. The van der Waals surface area contributed by atoms with E-state index in [1.54, 1.807) is 0 Å². The molecule has 6 nitrogen and oxygen atoms in total. The molecule has 0 spiro atoms. The quantitative estimate of drug-likeness (QED) is 0.804. The molecule has 1 aliphatic heterocycles. The van der Waals surface area contributed by atoms with E-state index in [-0.39, 0.29) is 11.9 Å². The Morgan fingerprint density at radius 2 is 1.95 bits per heavy atom. The predicted octanol–water partition coefficient (Wildman–Crippen LogP) is 1.37. The highest BCUT2D eigenvalue weighted by atomic mass is 16.4. The van der Waals surface area contributed by atoms with Crippen LogP contribution in [0.2, 0.25) is 0 Å². The lowest BCUT2D eigenvalue weighted by Gasteiger charge is -2.26. The number of urea groups is 1. The summed E-state index contributed by atoms with van der Waals surface area (Å²) in [5, 5.41) is 12.1. The molecular formula is C15H27N3O3. The molecule has 1 heterocycles. The van der Waals surface area contributed by atoms with Gasteiger partial charge in [0.1, 0.15) is 6.04 Å². The van der Waals surface area contributed by atoms with Gasteiger partial charge in [-0.25, -0.2) is 9.59 Å². The highest BCUT2D eigenvalue weighted by molar-refractivity contribution is 5.83. The fourth-order valence-corrected chi connectivity index (χ4v) is 3.52. The van der Waals surface area contributed by atoms with Crippen LogP contribution in [-0.2, 0) is 4.79 Å². The highest BCUT2D eigenvalue weighted by Gasteiger charge is 2.39. The number of likely N-dealkylation sites (tertiary alicyclic amines) is 1. The molecule has 2 amide bonds. The Kier molecular flexibility index (Phi) is 5.45. The van der Waals surface area contributed by atoms with Gasteiger partial charge in [-0.15, -0.1) is 0 Å². The van der Waals surface area contributed by atoms with Gasteiger partial charge in [-0.2, -0.15) is 0 Å². The van der Waals surface area contributed by atoms with Crippen LogP contribution < -0.4 is 5.32 Å². The first-order chi connectivity index (χ1) is 10.0. The molecule has 2 unspecified atom stereocenters. The van der Waals surface area contributed by atoms with Crippen LogP contribution in [-0.4, -0.2) is 65.7 Å². The largest absolute Gasteiger partial charge is 0.480 e. The third-order valence-corrected chi connectivity index (χ3v) is 4.90. The van der Waals surface area contributed by atoms with E-state index in [1.807, 2.05) is 6.92 Å². The minimum absolute atomic E-state index is 0.0226. The molecule has 2 atom stereocenters. The first-order valence-corrected chi connectivity index (χ1v) is 7.98. The molecule has 0 aromatic heterocycles. The van der Waals surface area contributed by atoms with Crippen LogP contribution in [0.25, 0.3) is 0 Å². The molecule has 2 rings (SSSR count). The Bertz CT molecular complexity index is 382. The fourth-order valence-electron chi connectivity index (χ4n) is 3.52. The third kappa shape index (κ3) is 3.87. The Hall–Kier alpha value is -1.30. The molecule has 2 aliphatic rings. The number of carboxylic acids is 1. The monoisotopic (exact) mass is 297 g/mol. The number of carbonyl (C=O) groups excluding carboxylic acids is 1. The van der Waals surface area contributed by atoms with Gasteiger partial charge >= 0.3 is 12.0 Å². The molecule has 0 aromatic carbocycles. The van der Waals surface area contributed by atoms with Gasteiger partial charge in [-0.3, -0.25) is 0 Å². The SMILES string of the molecule is CC1CCN(C(=O)NCCN(C)C2CCCC2)C1C(=O)O. The van der Waals surface area contributed by atoms with E-state index in [4.69, 9.17) is 0 Å². The van der Waals surface area contributed by atoms with Crippen LogP contribution in [0.4, 0.5) is 4.79 Å². The van der Waals surface area contributed by atoms with Crippen molar-refractivity contribution in [3.8, 4) is 0 Å². The van der Waals surface area contributed by atoms with Crippen molar-refractivity contribution in [2.24, 2.45) is 5.92 Å². The summed E-state index contributed by atoms with van der Waals surface area (Å²) < 4.78 is 0. The van der Waals surface area contributed by atoms with Gasteiger partial charge in [-0.1, -0.05) is 19.8 Å². The van der Waals surface area contributed by atoms with Crippen molar-refractivity contribution in [3.63, 3.8) is 0 Å². The van der Waals surface area contributed by atoms with Gasteiger partial charge in [0.05, 0.1) is 0 Å². The lowest BCUT2D eigenvalue weighted by Crippen LogP contribution is -2.49. The molecule has 6 heteroatoms. The van der Waals surface area contributed by atoms with Gasteiger partial charge in [-0.05, 0) is 32.2 Å². The van der Waals surface area contributed by atoms with Crippen LogP contribution in [0.3, 0.4) is 0 Å². The summed E-state index contributed by atoms with van der Waals surface area (Å²) in [6.45, 7) is 3.81. The maximum absolute atomic E-state index is 12.1. The second-order valence-corrected chi connectivity index (χ2v) is 6.39. The smallest absolute Gasteiger partial charge is 0.326 e. The van der Waals surface area contributed by atoms with Crippen LogP contribution in [0, 0.1) is 5.92 Å². The summed E-state index contributed by atoms with van der Waals surface area (Å²) in [6.07, 6.45) is 5.84. The summed E-state index contributed by atoms with van der Waals surface area (Å²) in [4.78, 5) is 27.2. The van der Waals surface area contributed by atoms with E-state index in [2.05, 4.69) is 17.3 Å². The Morgan fingerprint density at radius 1 is 1.29 bits per heavy atom. The Balaban J connectivity index is 1.75. The van der Waals surface area contributed by atoms with Crippen LogP contribution in [0.1, 0.15) is 39.0 Å². The number of nitrogens with one attached hydrogen (secondary N) is 1. The molecule has 21 heavy (non-hydrogen) atoms. The molecule has 0 radical (unpaired) electrons. The molecule has 1 aliphatic carbocycles. The summed E-state index contributed by atoms with van der Waals surface area (Å²) in [5.41, 5.74) is 0. The molecule has 2 N–H and O–H groups in total. The van der Waals surface area contributed by atoms with Gasteiger partial charge in [0.25, 0.3) is 0 Å². The van der Waals surface area contributed by atoms with Gasteiger partial charge in [0, 0.05) is 25.7 Å². The number of rotatable bonds is 5. The normalized spacial score (nSPS) is 26.5. The first-order valence-electron chi connectivity index (χ1n) is 7.98. The summed E-state index contributed by atoms with van der Waals surface area (Å²) >= 11 is 0. The van der Waals surface area contributed by atoms with E-state index in [1.165, 1.54) is 30.6 Å². The minimum atomic E-state index is -0.904. The second-order valence-electron chi connectivity index (χ2n) is 6.39. The van der Waals surface area contributed by atoms with E-state index >= 15 is 0 Å². The predicted molar refractivity (Wildman–Crippen MR) is 80.2 cm³/mol. The average molecular weight is 297 g/mol. The van der Waals surface area contributed by atoms with Crippen molar-refractivity contribution in [3.05, 3.63) is 0 Å². The number of carbonyl (C=O) groups is 2. The van der Waals surface area contributed by atoms with Crippen LogP contribution in [0.5, 0.6) is 0 Å². The zero-order valence-corrected chi connectivity index (χ0v) is 13.0. The first kappa shape index (κ1) is 16.1. The lowest BCUT2D eigenvalue weighted by molar-refractivity contribution is -0.142. The molecule has 120 valence electrons. The zero-order chi connectivity index (χ0) is 15.4. The van der Waals surface area contributed by atoms with Gasteiger partial charge in [0.2, 0.25) is 0 Å². The maximum atomic E-state index is 12.1. The minimum Gasteiger partial charge on any atom is -0.480 e. The van der Waals surface area contributed by atoms with Crippen LogP contribution in [0.15, 0.2) is 0 Å². The van der Waals surface area contributed by atoms with E-state index in [9.17, 15) is 14.7 Å². The number of amides is 2. The molecular weight excluding hydrogens is 270 g/mol. The number of likely N-dealkylation sites (N-methyl/N-ethyl adjacent to an activating group) is 1. The van der Waals surface area contributed by atoms with Gasteiger partial charge in [0.15, 0.2) is 0 Å². The molecule has 0 aromatic rings. The number of hydrogen-bond donors (Lipinski definition) is 2. The van der Waals surface area contributed by atoms with Crippen molar-refractivity contribution in [2.75, 3.05) is 26.7 Å². The van der Waals surface area contributed by atoms with Crippen molar-refractivity contribution in [1.82, 2.24) is 15.1 Å². The summed E-state index contributed by atoms with van der Waals surface area (Å²) in [6, 6.07) is -0.287. The van der Waals surface area contributed by atoms with Crippen molar-refractivity contribution >= 4 is 12.0 Å². The second kappa shape index (κ2) is 7.11. The van der Waals surface area contributed by atoms with Crippen LogP contribution >= 0.6 is 0 Å². The van der Waals surface area contributed by atoms with E-state index < -0.39 is 12.0 Å². The maximum Gasteiger partial charge on any atom is 0.326 e. The topological polar surface area (TPSA) is 72.9 Å². The number of hydrogen-bond acceptors (Lipinski definition) is 3. The number of nitrogens with zero attached hydrogens (tertiary/aromatic N) is 2. The summed E-state index contributed by atoms with van der Waals surface area (Å²) in [7, 11) is 2.10. The van der Waals surface area contributed by atoms with E-state index in [0.29, 0.717) is 19.1 Å². The standard InChI is InChI=1S/C15H27N3O3/c1-11-7-9-18(13(11)14(19)20)15(21)16-8-10-17(2)12-5-3-4-6-12/h11-13H,3-10H2,1-2H3,(H,16,21)(H,19,20). The van der Waals surface area contributed by atoms with Crippen molar-refractivity contribution < 1.29 is 14.7 Å². The molecule has 0 bridgehead atoms. The Labute approximate surface area is 126 Å². The average Bonchev–Trinajstić information content (AvgIpc) is 3.07. The third-order valence-electron chi connectivity index (χ3n) is 4.90. The van der Waals surface area contributed by atoms with Crippen molar-refractivity contribution in [1.29, 1.82) is 0 Å².